The average Bonchev–Trinajstić information content (AvgIpc) is 3.05. The summed E-state index contributed by atoms with van der Waals surface area (Å²) >= 11 is 0. The van der Waals surface area contributed by atoms with Crippen LogP contribution in [0.15, 0.2) is 6.20 Å². The van der Waals surface area contributed by atoms with E-state index in [0.717, 1.165) is 38.8 Å². The van der Waals surface area contributed by atoms with Crippen molar-refractivity contribution in [3.8, 4) is 0 Å². The molecule has 2 heterocycles. The third kappa shape index (κ3) is 4.75. The Morgan fingerprint density at radius 2 is 2.12 bits per heavy atom. The summed E-state index contributed by atoms with van der Waals surface area (Å²) in [5, 5.41) is 21.5. The summed E-state index contributed by atoms with van der Waals surface area (Å²) in [6, 6.07) is -0.943. The minimum Gasteiger partial charge on any atom is -0.391 e. The van der Waals surface area contributed by atoms with E-state index in [-0.39, 0.29) is 11.9 Å². The highest BCUT2D eigenvalue weighted by Gasteiger charge is 2.32. The Balaban J connectivity index is 2.06. The highest BCUT2D eigenvalue weighted by molar-refractivity contribution is 5.81. The molecule has 1 aliphatic heterocycles. The van der Waals surface area contributed by atoms with Gasteiger partial charge in [-0.05, 0) is 13.3 Å². The van der Waals surface area contributed by atoms with Crippen LogP contribution < -0.4 is 11.1 Å². The van der Waals surface area contributed by atoms with Crippen molar-refractivity contribution in [1.82, 2.24) is 25.2 Å². The smallest absolute Gasteiger partial charge is 0.250 e. The molecule has 136 valence electrons. The highest BCUT2D eigenvalue weighted by atomic mass is 16.3. The van der Waals surface area contributed by atoms with E-state index in [1.54, 1.807) is 18.0 Å². The van der Waals surface area contributed by atoms with Gasteiger partial charge in [0.1, 0.15) is 0 Å². The van der Waals surface area contributed by atoms with E-state index in [2.05, 4.69) is 22.6 Å². The van der Waals surface area contributed by atoms with Gasteiger partial charge in [0.05, 0.1) is 24.0 Å². The van der Waals surface area contributed by atoms with Crippen LogP contribution in [0, 0.1) is 0 Å². The molecule has 1 unspecified atom stereocenters. The van der Waals surface area contributed by atoms with Crippen LogP contribution in [0.2, 0.25) is 0 Å². The largest absolute Gasteiger partial charge is 0.391 e. The molecule has 0 saturated carbocycles. The SMILES string of the molecule is CCCCC[C@H](N)c1cn([C@H](C(=O)N2CCNCC2)C(C)O)nn1. The molecule has 1 aromatic rings. The number of amides is 1. The van der Waals surface area contributed by atoms with Crippen molar-refractivity contribution >= 4 is 5.91 Å². The summed E-state index contributed by atoms with van der Waals surface area (Å²) in [5.41, 5.74) is 6.83. The Kier molecular flexibility index (Phi) is 7.14. The molecule has 1 saturated heterocycles. The van der Waals surface area contributed by atoms with Gasteiger partial charge in [-0.15, -0.1) is 5.10 Å². The van der Waals surface area contributed by atoms with E-state index in [1.807, 2.05) is 0 Å². The van der Waals surface area contributed by atoms with Crippen molar-refractivity contribution in [2.75, 3.05) is 26.2 Å². The van der Waals surface area contributed by atoms with Crippen molar-refractivity contribution < 1.29 is 9.90 Å². The summed E-state index contributed by atoms with van der Waals surface area (Å²) < 4.78 is 1.46. The number of aliphatic hydroxyl groups excluding tert-OH is 1. The zero-order valence-electron chi connectivity index (χ0n) is 14.7. The van der Waals surface area contributed by atoms with Crippen LogP contribution in [-0.2, 0) is 4.79 Å². The van der Waals surface area contributed by atoms with E-state index in [9.17, 15) is 9.90 Å². The number of aliphatic hydroxyl groups is 1. The van der Waals surface area contributed by atoms with Gasteiger partial charge < -0.3 is 21.1 Å². The first-order chi connectivity index (χ1) is 11.5. The second-order valence-corrected chi connectivity index (χ2v) is 6.49. The zero-order valence-corrected chi connectivity index (χ0v) is 14.7. The third-order valence-corrected chi connectivity index (χ3v) is 4.45. The van der Waals surface area contributed by atoms with Crippen molar-refractivity contribution in [3.63, 3.8) is 0 Å². The Labute approximate surface area is 143 Å². The molecule has 0 aliphatic carbocycles. The monoisotopic (exact) mass is 338 g/mol. The molecule has 0 spiro atoms. The number of nitrogens with one attached hydrogen (secondary N) is 1. The lowest BCUT2D eigenvalue weighted by Gasteiger charge is -2.31. The predicted octanol–water partition coefficient (Wildman–Crippen LogP) is 0.212. The minimum atomic E-state index is -0.849. The summed E-state index contributed by atoms with van der Waals surface area (Å²) in [5.74, 6) is -0.123. The molecule has 0 radical (unpaired) electrons. The Hall–Kier alpha value is -1.51. The molecule has 3 atom stereocenters. The van der Waals surface area contributed by atoms with Crippen LogP contribution in [0.4, 0.5) is 0 Å². The normalized spacial score (nSPS) is 19.1. The number of carbonyl (C=O) groups excluding carboxylic acids is 1. The maximum Gasteiger partial charge on any atom is 0.250 e. The van der Waals surface area contributed by atoms with Crippen molar-refractivity contribution in [3.05, 3.63) is 11.9 Å². The summed E-state index contributed by atoms with van der Waals surface area (Å²) in [6.07, 6.45) is 5.02. The molecular formula is C16H30N6O2. The number of nitrogens with two attached hydrogens (primary N) is 1. The number of rotatable bonds is 8. The summed E-state index contributed by atoms with van der Waals surface area (Å²) in [6.45, 7) is 6.57. The second-order valence-electron chi connectivity index (χ2n) is 6.49. The van der Waals surface area contributed by atoms with Gasteiger partial charge in [0, 0.05) is 26.2 Å². The van der Waals surface area contributed by atoms with Gasteiger partial charge in [0.25, 0.3) is 0 Å². The molecule has 1 aliphatic rings. The second kappa shape index (κ2) is 9.10. The number of hydrogen-bond donors (Lipinski definition) is 3. The molecule has 1 amide bonds. The molecule has 24 heavy (non-hydrogen) atoms. The molecule has 2 rings (SSSR count). The lowest BCUT2D eigenvalue weighted by molar-refractivity contribution is -0.138. The van der Waals surface area contributed by atoms with Gasteiger partial charge >= 0.3 is 0 Å². The zero-order chi connectivity index (χ0) is 17.5. The predicted molar refractivity (Wildman–Crippen MR) is 91.3 cm³/mol. The number of unbranched alkanes of at least 4 members (excludes halogenated alkanes) is 2. The lowest BCUT2D eigenvalue weighted by atomic mass is 10.1. The van der Waals surface area contributed by atoms with Crippen LogP contribution in [0.3, 0.4) is 0 Å². The first-order valence-electron chi connectivity index (χ1n) is 8.89. The van der Waals surface area contributed by atoms with E-state index < -0.39 is 12.1 Å². The number of hydrogen-bond acceptors (Lipinski definition) is 6. The molecule has 0 aromatic carbocycles. The average molecular weight is 338 g/mol. The van der Waals surface area contributed by atoms with Crippen LogP contribution in [-0.4, -0.2) is 63.2 Å². The van der Waals surface area contributed by atoms with E-state index in [0.29, 0.717) is 18.8 Å². The van der Waals surface area contributed by atoms with Crippen LogP contribution in [0.5, 0.6) is 0 Å². The molecule has 8 nitrogen and oxygen atoms in total. The Bertz CT molecular complexity index is 512. The standard InChI is InChI=1S/C16H30N6O2/c1-3-4-5-6-13(17)14-11-22(20-19-14)15(12(2)23)16(24)21-9-7-18-8-10-21/h11-13,15,18,23H,3-10,17H2,1-2H3/t12?,13-,15-/m0/s1. The van der Waals surface area contributed by atoms with Crippen LogP contribution >= 0.6 is 0 Å². The Morgan fingerprint density at radius 1 is 1.42 bits per heavy atom. The first kappa shape index (κ1) is 18.8. The number of aromatic nitrogens is 3. The van der Waals surface area contributed by atoms with Crippen LogP contribution in [0.25, 0.3) is 0 Å². The van der Waals surface area contributed by atoms with Gasteiger partial charge in [-0.1, -0.05) is 31.4 Å². The van der Waals surface area contributed by atoms with Crippen LogP contribution in [0.1, 0.15) is 57.3 Å². The molecule has 8 heteroatoms. The lowest BCUT2D eigenvalue weighted by Crippen LogP contribution is -2.50. The molecule has 1 aromatic heterocycles. The minimum absolute atomic E-state index is 0.123. The van der Waals surface area contributed by atoms with Crippen molar-refractivity contribution in [1.29, 1.82) is 0 Å². The van der Waals surface area contributed by atoms with Gasteiger partial charge in [-0.2, -0.15) is 0 Å². The topological polar surface area (TPSA) is 109 Å². The number of carbonyl (C=O) groups is 1. The molecule has 0 bridgehead atoms. The van der Waals surface area contributed by atoms with E-state index in [4.69, 9.17) is 5.73 Å². The fourth-order valence-electron chi connectivity index (χ4n) is 2.97. The van der Waals surface area contributed by atoms with Crippen molar-refractivity contribution in [2.24, 2.45) is 5.73 Å². The molecule has 4 N–H and O–H groups in total. The van der Waals surface area contributed by atoms with Gasteiger partial charge in [-0.3, -0.25) is 4.79 Å². The molecular weight excluding hydrogens is 308 g/mol. The van der Waals surface area contributed by atoms with E-state index >= 15 is 0 Å². The van der Waals surface area contributed by atoms with Gasteiger partial charge in [0.2, 0.25) is 5.91 Å². The fourth-order valence-corrected chi connectivity index (χ4v) is 2.97. The molecule has 1 fully saturated rings. The van der Waals surface area contributed by atoms with Gasteiger partial charge in [0.15, 0.2) is 6.04 Å². The number of piperazine rings is 1. The maximum absolute atomic E-state index is 12.7. The third-order valence-electron chi connectivity index (χ3n) is 4.45. The van der Waals surface area contributed by atoms with Gasteiger partial charge in [-0.25, -0.2) is 4.68 Å². The summed E-state index contributed by atoms with van der Waals surface area (Å²) in [7, 11) is 0. The fraction of sp³-hybridized carbons (Fsp3) is 0.812. The summed E-state index contributed by atoms with van der Waals surface area (Å²) in [4.78, 5) is 14.5. The van der Waals surface area contributed by atoms with E-state index in [1.165, 1.54) is 4.68 Å². The maximum atomic E-state index is 12.7. The quantitative estimate of drug-likeness (QED) is 0.585. The van der Waals surface area contributed by atoms with Crippen molar-refractivity contribution in [2.45, 2.75) is 57.7 Å². The number of nitrogens with zero attached hydrogens (tertiary/aromatic N) is 4. The first-order valence-corrected chi connectivity index (χ1v) is 8.89. The highest BCUT2D eigenvalue weighted by Crippen LogP contribution is 2.19. The Morgan fingerprint density at radius 3 is 2.75 bits per heavy atom.